The number of allylic oxidation sites excluding steroid dienone is 1. The van der Waals surface area contributed by atoms with Crippen LogP contribution in [0, 0.1) is 0 Å². The number of fused-ring (bicyclic) bond motifs is 1. The molecular formula is C32H35ClN4O3. The van der Waals surface area contributed by atoms with Gasteiger partial charge in [-0.3, -0.25) is 4.68 Å². The summed E-state index contributed by atoms with van der Waals surface area (Å²) in [4.78, 5) is 0. The van der Waals surface area contributed by atoms with Crippen LogP contribution in [0.15, 0.2) is 66.5 Å². The SMILES string of the molecule is CCCCn1ncc(/C=C(/N)Cc2cc3c(cc2OC)CCO3)c1-c1ccc(Cl)cc1OCc1ccccc1N. The monoisotopic (exact) mass is 558 g/mol. The second-order valence-corrected chi connectivity index (χ2v) is 10.4. The van der Waals surface area contributed by atoms with E-state index in [-0.39, 0.29) is 0 Å². The Hall–Kier alpha value is -4.10. The highest BCUT2D eigenvalue weighted by Gasteiger charge is 2.19. The molecule has 0 fully saturated rings. The fourth-order valence-corrected chi connectivity index (χ4v) is 5.12. The molecule has 1 aliphatic rings. The zero-order valence-electron chi connectivity index (χ0n) is 23.0. The molecule has 1 aromatic heterocycles. The van der Waals surface area contributed by atoms with Gasteiger partial charge in [-0.05, 0) is 48.9 Å². The Morgan fingerprint density at radius 3 is 2.77 bits per heavy atom. The minimum absolute atomic E-state index is 0.316. The van der Waals surface area contributed by atoms with Crippen LogP contribution in [0.5, 0.6) is 17.2 Å². The first-order chi connectivity index (χ1) is 19.5. The fraction of sp³-hybridized carbons (Fsp3) is 0.281. The van der Waals surface area contributed by atoms with Crippen molar-refractivity contribution in [2.24, 2.45) is 5.73 Å². The van der Waals surface area contributed by atoms with Crippen molar-refractivity contribution in [3.05, 3.63) is 93.8 Å². The number of ether oxygens (including phenoxy) is 3. The van der Waals surface area contributed by atoms with E-state index in [0.29, 0.717) is 41.8 Å². The molecule has 0 saturated carbocycles. The van der Waals surface area contributed by atoms with E-state index in [1.54, 1.807) is 7.11 Å². The lowest BCUT2D eigenvalue weighted by Crippen LogP contribution is -2.06. The van der Waals surface area contributed by atoms with Gasteiger partial charge in [-0.1, -0.05) is 43.1 Å². The van der Waals surface area contributed by atoms with Crippen LogP contribution in [0.1, 0.15) is 42.0 Å². The number of anilines is 1. The molecule has 5 rings (SSSR count). The average Bonchev–Trinajstić information content (AvgIpc) is 3.57. The van der Waals surface area contributed by atoms with Crippen molar-refractivity contribution >= 4 is 23.4 Å². The minimum Gasteiger partial charge on any atom is -0.496 e. The van der Waals surface area contributed by atoms with Crippen molar-refractivity contribution < 1.29 is 14.2 Å². The van der Waals surface area contributed by atoms with E-state index in [2.05, 4.69) is 13.0 Å². The lowest BCUT2D eigenvalue weighted by molar-refractivity contribution is 0.308. The number of halogens is 1. The third kappa shape index (κ3) is 6.05. The lowest BCUT2D eigenvalue weighted by atomic mass is 10.0. The maximum Gasteiger partial charge on any atom is 0.130 e. The summed E-state index contributed by atoms with van der Waals surface area (Å²) in [6.07, 6.45) is 7.27. The third-order valence-corrected chi connectivity index (χ3v) is 7.29. The quantitative estimate of drug-likeness (QED) is 0.200. The maximum absolute atomic E-state index is 6.64. The van der Waals surface area contributed by atoms with Gasteiger partial charge in [0.1, 0.15) is 23.9 Å². The van der Waals surface area contributed by atoms with E-state index in [4.69, 9.17) is 42.4 Å². The number of aryl methyl sites for hydroxylation is 1. The molecule has 0 amide bonds. The molecule has 4 aromatic rings. The molecule has 3 aromatic carbocycles. The van der Waals surface area contributed by atoms with Crippen LogP contribution in [0.2, 0.25) is 5.02 Å². The molecule has 0 atom stereocenters. The summed E-state index contributed by atoms with van der Waals surface area (Å²) in [6.45, 7) is 3.94. The van der Waals surface area contributed by atoms with Crippen molar-refractivity contribution in [1.29, 1.82) is 0 Å². The van der Waals surface area contributed by atoms with Gasteiger partial charge in [0.05, 0.1) is 25.6 Å². The first kappa shape index (κ1) is 27.5. The van der Waals surface area contributed by atoms with Crippen LogP contribution in [0.25, 0.3) is 17.3 Å². The molecule has 0 spiro atoms. The second kappa shape index (κ2) is 12.4. The Kier molecular flexibility index (Phi) is 8.51. The van der Waals surface area contributed by atoms with Gasteiger partial charge in [0.2, 0.25) is 0 Å². The minimum atomic E-state index is 0.316. The predicted octanol–water partition coefficient (Wildman–Crippen LogP) is 6.65. The van der Waals surface area contributed by atoms with Crippen molar-refractivity contribution in [3.63, 3.8) is 0 Å². The highest BCUT2D eigenvalue weighted by molar-refractivity contribution is 6.30. The van der Waals surface area contributed by atoms with Crippen LogP contribution in [0.3, 0.4) is 0 Å². The van der Waals surface area contributed by atoms with Gasteiger partial charge in [-0.2, -0.15) is 5.10 Å². The van der Waals surface area contributed by atoms with Crippen LogP contribution in [-0.4, -0.2) is 23.5 Å². The second-order valence-electron chi connectivity index (χ2n) is 9.92. The molecule has 0 bridgehead atoms. The molecule has 208 valence electrons. The molecule has 0 aliphatic carbocycles. The zero-order chi connectivity index (χ0) is 28.1. The largest absolute Gasteiger partial charge is 0.496 e. The first-order valence-electron chi connectivity index (χ1n) is 13.6. The number of nitrogens with zero attached hydrogens (tertiary/aromatic N) is 2. The van der Waals surface area contributed by atoms with Gasteiger partial charge in [0.15, 0.2) is 0 Å². The van der Waals surface area contributed by atoms with Gasteiger partial charge >= 0.3 is 0 Å². The van der Waals surface area contributed by atoms with Crippen molar-refractivity contribution in [2.75, 3.05) is 19.5 Å². The predicted molar refractivity (Wildman–Crippen MR) is 161 cm³/mol. The molecule has 40 heavy (non-hydrogen) atoms. The maximum atomic E-state index is 6.64. The van der Waals surface area contributed by atoms with Gasteiger partial charge in [0, 0.05) is 63.6 Å². The molecule has 7 nitrogen and oxygen atoms in total. The summed E-state index contributed by atoms with van der Waals surface area (Å²) >= 11 is 6.42. The highest BCUT2D eigenvalue weighted by atomic mass is 35.5. The molecule has 0 saturated heterocycles. The number of rotatable bonds is 11. The van der Waals surface area contributed by atoms with Gasteiger partial charge < -0.3 is 25.7 Å². The summed E-state index contributed by atoms with van der Waals surface area (Å²) in [6, 6.07) is 17.4. The van der Waals surface area contributed by atoms with E-state index in [0.717, 1.165) is 70.8 Å². The Balaban J connectivity index is 1.50. The van der Waals surface area contributed by atoms with E-state index in [9.17, 15) is 0 Å². The number of benzene rings is 3. The Bertz CT molecular complexity index is 1530. The van der Waals surface area contributed by atoms with Crippen molar-refractivity contribution in [1.82, 2.24) is 9.78 Å². The number of para-hydroxylation sites is 1. The molecule has 2 heterocycles. The number of unbranched alkanes of at least 4 members (excludes halogenated alkanes) is 1. The molecule has 8 heteroatoms. The van der Waals surface area contributed by atoms with Crippen LogP contribution < -0.4 is 25.7 Å². The van der Waals surface area contributed by atoms with Gasteiger partial charge in [0.25, 0.3) is 0 Å². The third-order valence-electron chi connectivity index (χ3n) is 7.06. The van der Waals surface area contributed by atoms with E-state index < -0.39 is 0 Å². The topological polar surface area (TPSA) is 97.6 Å². The summed E-state index contributed by atoms with van der Waals surface area (Å²) in [5.74, 6) is 2.37. The fourth-order valence-electron chi connectivity index (χ4n) is 4.95. The Labute approximate surface area is 240 Å². The molecular weight excluding hydrogens is 524 g/mol. The summed E-state index contributed by atoms with van der Waals surface area (Å²) in [5, 5.41) is 5.32. The van der Waals surface area contributed by atoms with Crippen molar-refractivity contribution in [2.45, 2.75) is 45.8 Å². The summed E-state index contributed by atoms with van der Waals surface area (Å²) in [5.41, 5.74) is 19.9. The highest BCUT2D eigenvalue weighted by Crippen LogP contribution is 2.37. The molecule has 0 radical (unpaired) electrons. The Morgan fingerprint density at radius 2 is 1.98 bits per heavy atom. The number of nitrogens with two attached hydrogens (primary N) is 2. The summed E-state index contributed by atoms with van der Waals surface area (Å²) < 4.78 is 19.8. The van der Waals surface area contributed by atoms with Gasteiger partial charge in [-0.25, -0.2) is 0 Å². The molecule has 1 aliphatic heterocycles. The van der Waals surface area contributed by atoms with E-state index in [1.165, 1.54) is 0 Å². The smallest absolute Gasteiger partial charge is 0.130 e. The number of aromatic nitrogens is 2. The normalized spacial score (nSPS) is 12.7. The Morgan fingerprint density at radius 1 is 1.12 bits per heavy atom. The van der Waals surface area contributed by atoms with E-state index in [1.807, 2.05) is 65.5 Å². The van der Waals surface area contributed by atoms with E-state index >= 15 is 0 Å². The zero-order valence-corrected chi connectivity index (χ0v) is 23.7. The molecule has 0 unspecified atom stereocenters. The van der Waals surface area contributed by atoms with Crippen LogP contribution in [0.4, 0.5) is 5.69 Å². The standard InChI is InChI=1S/C32H35ClN4O3/c1-3-4-12-37-32(27-10-9-25(33)18-31(27)40-20-22-7-5-6-8-28(22)35)24(19-36-37)15-26(34)14-23-17-30-21(11-13-39-30)16-29(23)38-2/h5-10,15-19H,3-4,11-14,20,34-35H2,1-2H3/b26-15+. The average molecular weight is 559 g/mol. The lowest BCUT2D eigenvalue weighted by Gasteiger charge is -2.16. The number of hydrogen-bond acceptors (Lipinski definition) is 6. The number of methoxy groups -OCH3 is 1. The number of hydrogen-bond donors (Lipinski definition) is 2. The number of nitrogen functional groups attached to an aromatic ring is 1. The van der Waals surface area contributed by atoms with Gasteiger partial charge in [-0.15, -0.1) is 0 Å². The molecule has 4 N–H and O–H groups in total. The summed E-state index contributed by atoms with van der Waals surface area (Å²) in [7, 11) is 1.68. The first-order valence-corrected chi connectivity index (χ1v) is 13.9. The van der Waals surface area contributed by atoms with Crippen LogP contribution in [-0.2, 0) is 26.0 Å². The van der Waals surface area contributed by atoms with Crippen molar-refractivity contribution in [3.8, 4) is 28.5 Å². The van der Waals surface area contributed by atoms with Crippen LogP contribution >= 0.6 is 11.6 Å².